The predicted molar refractivity (Wildman–Crippen MR) is 68.4 cm³/mol. The van der Waals surface area contributed by atoms with Gasteiger partial charge in [-0.2, -0.15) is 0 Å². The van der Waals surface area contributed by atoms with E-state index in [1.807, 2.05) is 0 Å². The molecule has 1 unspecified atom stereocenters. The Morgan fingerprint density at radius 1 is 1.13 bits per heavy atom. The summed E-state index contributed by atoms with van der Waals surface area (Å²) in [5.74, 6) is 0.792. The Morgan fingerprint density at radius 2 is 1.80 bits per heavy atom. The lowest BCUT2D eigenvalue weighted by Crippen LogP contribution is -2.05. The van der Waals surface area contributed by atoms with Crippen molar-refractivity contribution in [1.29, 1.82) is 0 Å². The molecule has 0 spiro atoms. The van der Waals surface area contributed by atoms with Gasteiger partial charge in [-0.1, -0.05) is 57.9 Å². The van der Waals surface area contributed by atoms with E-state index in [1.54, 1.807) is 11.1 Å². The highest BCUT2D eigenvalue weighted by atomic mass is 14.2. The van der Waals surface area contributed by atoms with Gasteiger partial charge in [0, 0.05) is 0 Å². The van der Waals surface area contributed by atoms with Crippen LogP contribution in [0.5, 0.6) is 0 Å². The van der Waals surface area contributed by atoms with Gasteiger partial charge >= 0.3 is 0 Å². The predicted octanol–water partition coefficient (Wildman–Crippen LogP) is 4.93. The van der Waals surface area contributed by atoms with Crippen molar-refractivity contribution in [1.82, 2.24) is 0 Å². The van der Waals surface area contributed by atoms with Gasteiger partial charge in [0.25, 0.3) is 0 Å². The van der Waals surface area contributed by atoms with Crippen LogP contribution >= 0.6 is 0 Å². The molecule has 1 aliphatic rings. The number of aryl methyl sites for hydroxylation is 1. The summed E-state index contributed by atoms with van der Waals surface area (Å²) in [5, 5.41) is 0. The van der Waals surface area contributed by atoms with Crippen molar-refractivity contribution in [2.45, 2.75) is 58.8 Å². The Morgan fingerprint density at radius 3 is 2.40 bits per heavy atom. The van der Waals surface area contributed by atoms with Crippen molar-refractivity contribution >= 4 is 0 Å². The van der Waals surface area contributed by atoms with E-state index in [0.29, 0.717) is 0 Å². The summed E-state index contributed by atoms with van der Waals surface area (Å²) >= 11 is 0. The van der Waals surface area contributed by atoms with Crippen LogP contribution in [0.15, 0.2) is 24.3 Å². The minimum atomic E-state index is 0.792. The Hall–Kier alpha value is -0.780. The van der Waals surface area contributed by atoms with Crippen molar-refractivity contribution in [3.05, 3.63) is 35.4 Å². The summed E-state index contributed by atoms with van der Waals surface area (Å²) in [6.07, 6.45) is 6.68. The zero-order chi connectivity index (χ0) is 11.1. The fourth-order valence-electron chi connectivity index (χ4n) is 2.00. The molecule has 0 heteroatoms. The molecule has 0 aromatic heterocycles. The first-order chi connectivity index (χ1) is 7.29. The van der Waals surface area contributed by atoms with Crippen LogP contribution in [-0.2, 0) is 6.42 Å². The normalized spacial score (nSPS) is 18.7. The highest BCUT2D eigenvalue weighted by molar-refractivity contribution is 5.31. The first-order valence-corrected chi connectivity index (χ1v) is 6.37. The lowest BCUT2D eigenvalue weighted by atomic mass is 9.84. The van der Waals surface area contributed by atoms with Crippen molar-refractivity contribution in [3.8, 4) is 0 Å². The van der Waals surface area contributed by atoms with Gasteiger partial charge in [0.15, 0.2) is 0 Å². The van der Waals surface area contributed by atoms with E-state index in [9.17, 15) is 0 Å². The smallest absolute Gasteiger partial charge is 0.0188 e. The summed E-state index contributed by atoms with van der Waals surface area (Å²) < 4.78 is 0. The lowest BCUT2D eigenvalue weighted by Gasteiger charge is -2.21. The van der Waals surface area contributed by atoms with Gasteiger partial charge in [-0.15, -0.1) is 0 Å². The first-order valence-electron chi connectivity index (χ1n) is 6.37. The van der Waals surface area contributed by atoms with Crippen LogP contribution < -0.4 is 0 Å². The summed E-state index contributed by atoms with van der Waals surface area (Å²) in [4.78, 5) is 0. The summed E-state index contributed by atoms with van der Waals surface area (Å²) in [6, 6.07) is 8.85. The number of benzene rings is 1. The molecule has 1 aromatic rings. The van der Waals surface area contributed by atoms with Crippen LogP contribution in [0.3, 0.4) is 0 Å². The Labute approximate surface area is 94.7 Å². The van der Waals surface area contributed by atoms with E-state index in [2.05, 4.69) is 45.0 Å². The van der Waals surface area contributed by atoms with E-state index in [1.165, 1.54) is 32.1 Å². The van der Waals surface area contributed by atoms with Crippen LogP contribution in [0, 0.1) is 0 Å². The maximum Gasteiger partial charge on any atom is -0.0188 e. The van der Waals surface area contributed by atoms with Crippen molar-refractivity contribution in [2.75, 3.05) is 0 Å². The third kappa shape index (κ3) is 3.70. The van der Waals surface area contributed by atoms with Gasteiger partial charge in [-0.05, 0) is 36.3 Å². The quantitative estimate of drug-likeness (QED) is 0.608. The van der Waals surface area contributed by atoms with Gasteiger partial charge in [0.2, 0.25) is 0 Å². The number of fused-ring (bicyclic) bond motifs is 1. The summed E-state index contributed by atoms with van der Waals surface area (Å²) in [7, 11) is 0. The second kappa shape index (κ2) is 6.66. The maximum atomic E-state index is 2.33. The van der Waals surface area contributed by atoms with Crippen LogP contribution in [-0.4, -0.2) is 0 Å². The van der Waals surface area contributed by atoms with Gasteiger partial charge < -0.3 is 0 Å². The molecule has 0 aliphatic heterocycles. The van der Waals surface area contributed by atoms with Gasteiger partial charge in [0.1, 0.15) is 0 Å². The van der Waals surface area contributed by atoms with Crippen LogP contribution in [0.25, 0.3) is 0 Å². The standard InChI is InChI=1S/C11H14.C4H10/c1-9-5-4-7-10-6-2-3-8-11(9)10;1-3-4-2/h2-3,6,8-9H,4-5,7H2,1H3;3-4H2,1-2H3. The first kappa shape index (κ1) is 12.3. The molecule has 0 fully saturated rings. The molecule has 0 radical (unpaired) electrons. The lowest BCUT2D eigenvalue weighted by molar-refractivity contribution is 0.590. The highest BCUT2D eigenvalue weighted by Gasteiger charge is 2.14. The molecular weight excluding hydrogens is 180 g/mol. The molecule has 0 saturated heterocycles. The van der Waals surface area contributed by atoms with E-state index in [0.717, 1.165) is 5.92 Å². The molecule has 0 heterocycles. The third-order valence-corrected chi connectivity index (χ3v) is 3.17. The molecule has 0 bridgehead atoms. The molecule has 0 saturated carbocycles. The number of unbranched alkanes of at least 4 members (excludes halogenated alkanes) is 1. The van der Waals surface area contributed by atoms with E-state index >= 15 is 0 Å². The van der Waals surface area contributed by atoms with Crippen LogP contribution in [0.4, 0.5) is 0 Å². The fraction of sp³-hybridized carbons (Fsp3) is 0.600. The molecule has 2 rings (SSSR count). The molecule has 1 aliphatic carbocycles. The molecule has 0 nitrogen and oxygen atoms in total. The van der Waals surface area contributed by atoms with Gasteiger partial charge in [0.05, 0.1) is 0 Å². The monoisotopic (exact) mass is 204 g/mol. The van der Waals surface area contributed by atoms with Crippen molar-refractivity contribution in [2.24, 2.45) is 0 Å². The van der Waals surface area contributed by atoms with Crippen molar-refractivity contribution < 1.29 is 0 Å². The average molecular weight is 204 g/mol. The van der Waals surface area contributed by atoms with Gasteiger partial charge in [-0.3, -0.25) is 0 Å². The number of rotatable bonds is 1. The molecule has 1 aromatic carbocycles. The van der Waals surface area contributed by atoms with E-state index < -0.39 is 0 Å². The maximum absolute atomic E-state index is 2.33. The Kier molecular flexibility index (Phi) is 5.45. The summed E-state index contributed by atoms with van der Waals surface area (Å²) in [5.41, 5.74) is 3.16. The highest BCUT2D eigenvalue weighted by Crippen LogP contribution is 2.30. The molecule has 15 heavy (non-hydrogen) atoms. The zero-order valence-electron chi connectivity index (χ0n) is 10.4. The summed E-state index contributed by atoms with van der Waals surface area (Å²) in [6.45, 7) is 6.69. The average Bonchev–Trinajstić information content (AvgIpc) is 2.30. The molecule has 0 amide bonds. The Bertz CT molecular complexity index is 273. The molecule has 0 N–H and O–H groups in total. The van der Waals surface area contributed by atoms with Gasteiger partial charge in [-0.25, -0.2) is 0 Å². The van der Waals surface area contributed by atoms with Crippen LogP contribution in [0.1, 0.15) is 63.5 Å². The third-order valence-electron chi connectivity index (χ3n) is 3.17. The fourth-order valence-corrected chi connectivity index (χ4v) is 2.00. The topological polar surface area (TPSA) is 0 Å². The van der Waals surface area contributed by atoms with Crippen molar-refractivity contribution in [3.63, 3.8) is 0 Å². The second-order valence-corrected chi connectivity index (χ2v) is 4.49. The zero-order valence-corrected chi connectivity index (χ0v) is 10.4. The van der Waals surface area contributed by atoms with Crippen LogP contribution in [0.2, 0.25) is 0 Å². The number of hydrogen-bond donors (Lipinski definition) is 0. The molecule has 1 atom stereocenters. The minimum Gasteiger partial charge on any atom is -0.0654 e. The SMILES string of the molecule is CC1CCCc2ccccc21.CCCC. The minimum absolute atomic E-state index is 0.792. The molecule has 84 valence electrons. The molecular formula is C15H24. The Balaban J connectivity index is 0.000000245. The second-order valence-electron chi connectivity index (χ2n) is 4.49. The largest absolute Gasteiger partial charge is 0.0654 e. The van der Waals surface area contributed by atoms with E-state index in [-0.39, 0.29) is 0 Å². The van der Waals surface area contributed by atoms with E-state index in [4.69, 9.17) is 0 Å². The number of hydrogen-bond acceptors (Lipinski definition) is 0.